The molecule has 0 aliphatic carbocycles. The van der Waals surface area contributed by atoms with Gasteiger partial charge >= 0.3 is 0 Å². The van der Waals surface area contributed by atoms with Crippen molar-refractivity contribution in [2.24, 2.45) is 0 Å². The van der Waals surface area contributed by atoms with Gasteiger partial charge in [0, 0.05) is 19.7 Å². The average Bonchev–Trinajstić information content (AvgIpc) is 2.62. The second-order valence-corrected chi connectivity index (χ2v) is 6.00. The van der Waals surface area contributed by atoms with Crippen LogP contribution in [0.2, 0.25) is 0 Å². The largest absolute Gasteiger partial charge is 0.387 e. The van der Waals surface area contributed by atoms with Gasteiger partial charge in [0.1, 0.15) is 12.1 Å². The maximum Gasteiger partial charge on any atom is 0.242 e. The maximum atomic E-state index is 12.4. The first-order valence-corrected chi connectivity index (χ1v) is 8.41. The molecule has 0 aromatic heterocycles. The summed E-state index contributed by atoms with van der Waals surface area (Å²) in [4.78, 5) is 35.7. The summed E-state index contributed by atoms with van der Waals surface area (Å²) < 4.78 is 0. The molecule has 8 heteroatoms. The van der Waals surface area contributed by atoms with Crippen molar-refractivity contribution in [3.05, 3.63) is 35.9 Å². The zero-order chi connectivity index (χ0) is 19.5. The quantitative estimate of drug-likeness (QED) is 0.378. The van der Waals surface area contributed by atoms with Gasteiger partial charge in [-0.25, -0.2) is 0 Å². The van der Waals surface area contributed by atoms with Gasteiger partial charge in [0.05, 0.1) is 6.10 Å². The fraction of sp³-hybridized carbons (Fsp3) is 0.444. The monoisotopic (exact) mass is 362 g/mol. The van der Waals surface area contributed by atoms with Gasteiger partial charge in [0.25, 0.3) is 0 Å². The van der Waals surface area contributed by atoms with Crippen LogP contribution in [-0.2, 0) is 20.9 Å². The van der Waals surface area contributed by atoms with Crippen LogP contribution >= 0.6 is 0 Å². The van der Waals surface area contributed by atoms with Crippen LogP contribution in [0.4, 0.5) is 0 Å². The Kier molecular flexibility index (Phi) is 9.00. The summed E-state index contributed by atoms with van der Waals surface area (Å²) in [6.45, 7) is 3.12. The molecule has 5 N–H and O–H groups in total. The first kappa shape index (κ1) is 21.3. The van der Waals surface area contributed by atoms with Crippen molar-refractivity contribution in [1.82, 2.24) is 16.0 Å². The second-order valence-electron chi connectivity index (χ2n) is 6.00. The van der Waals surface area contributed by atoms with Gasteiger partial charge in [-0.2, -0.15) is 0 Å². The summed E-state index contributed by atoms with van der Waals surface area (Å²) in [5.74, 6) is -1.24. The summed E-state index contributed by atoms with van der Waals surface area (Å²) in [6, 6.07) is 7.65. The number of carbonyl (C=O) groups excluding carboxylic acids is 3. The third-order valence-corrected chi connectivity index (χ3v) is 3.70. The van der Waals surface area contributed by atoms with Crippen molar-refractivity contribution in [2.75, 3.05) is 0 Å². The van der Waals surface area contributed by atoms with Crippen LogP contribution in [-0.4, -0.2) is 47.2 Å². The molecule has 0 fully saturated rings. The number of amides is 3. The van der Waals surface area contributed by atoms with E-state index in [1.807, 2.05) is 30.3 Å². The fourth-order valence-electron chi connectivity index (χ4n) is 2.26. The molecule has 0 saturated heterocycles. The third kappa shape index (κ3) is 7.89. The minimum atomic E-state index is -0.982. The van der Waals surface area contributed by atoms with Gasteiger partial charge in [-0.05, 0) is 25.3 Å². The summed E-state index contributed by atoms with van der Waals surface area (Å²) in [7, 11) is 0. The Balaban J connectivity index is 2.69. The van der Waals surface area contributed by atoms with Crippen LogP contribution in [0, 0.1) is 5.41 Å². The Hall–Kier alpha value is -2.74. The van der Waals surface area contributed by atoms with Crippen molar-refractivity contribution in [3.63, 3.8) is 0 Å². The van der Waals surface area contributed by atoms with Crippen LogP contribution in [0.25, 0.3) is 0 Å². The highest BCUT2D eigenvalue weighted by Crippen LogP contribution is 2.04. The summed E-state index contributed by atoms with van der Waals surface area (Å²) in [6.07, 6.45) is 0.210. The van der Waals surface area contributed by atoms with E-state index in [0.717, 1.165) is 11.8 Å². The van der Waals surface area contributed by atoms with Crippen LogP contribution in [0.5, 0.6) is 0 Å². The second kappa shape index (κ2) is 11.0. The van der Waals surface area contributed by atoms with Crippen molar-refractivity contribution in [2.45, 2.75) is 51.4 Å². The smallest absolute Gasteiger partial charge is 0.242 e. The summed E-state index contributed by atoms with van der Waals surface area (Å²) in [5.41, 5.74) is 0.914. The molecular weight excluding hydrogens is 336 g/mol. The van der Waals surface area contributed by atoms with Gasteiger partial charge in [-0.3, -0.25) is 14.4 Å². The molecule has 1 unspecified atom stereocenters. The van der Waals surface area contributed by atoms with E-state index in [2.05, 4.69) is 16.0 Å². The molecule has 26 heavy (non-hydrogen) atoms. The van der Waals surface area contributed by atoms with E-state index < -0.39 is 30.0 Å². The number of nitrogens with one attached hydrogen (secondary N) is 4. The Labute approximate surface area is 152 Å². The lowest BCUT2D eigenvalue weighted by Gasteiger charge is -2.21. The predicted molar refractivity (Wildman–Crippen MR) is 97.5 cm³/mol. The highest BCUT2D eigenvalue weighted by Gasteiger charge is 2.24. The van der Waals surface area contributed by atoms with E-state index in [1.165, 1.54) is 13.8 Å². The van der Waals surface area contributed by atoms with Crippen LogP contribution in [0.1, 0.15) is 32.3 Å². The summed E-state index contributed by atoms with van der Waals surface area (Å²) in [5, 5.41) is 24.3. The van der Waals surface area contributed by atoms with Crippen molar-refractivity contribution in [1.29, 1.82) is 5.41 Å². The topological polar surface area (TPSA) is 131 Å². The molecule has 142 valence electrons. The van der Waals surface area contributed by atoms with Crippen molar-refractivity contribution in [3.8, 4) is 0 Å². The SMILES string of the molecule is CC(=O)N[C@@H](C)C(=O)N[C@@H](CCC(O)C=N)C(=O)NCc1ccccc1. The Morgan fingerprint density at radius 1 is 1.12 bits per heavy atom. The number of rotatable bonds is 10. The molecule has 0 bridgehead atoms. The van der Waals surface area contributed by atoms with Gasteiger partial charge in [0.2, 0.25) is 17.7 Å². The zero-order valence-corrected chi connectivity index (χ0v) is 15.0. The minimum Gasteiger partial charge on any atom is -0.387 e. The van der Waals surface area contributed by atoms with Crippen molar-refractivity contribution >= 4 is 23.9 Å². The first-order valence-electron chi connectivity index (χ1n) is 8.41. The number of hydrogen-bond donors (Lipinski definition) is 5. The molecule has 3 atom stereocenters. The highest BCUT2D eigenvalue weighted by molar-refractivity contribution is 5.91. The molecule has 0 spiro atoms. The molecule has 3 amide bonds. The molecule has 0 radical (unpaired) electrons. The number of aliphatic hydroxyl groups excluding tert-OH is 1. The van der Waals surface area contributed by atoms with E-state index in [1.54, 1.807) is 0 Å². The lowest BCUT2D eigenvalue weighted by molar-refractivity contribution is -0.131. The van der Waals surface area contributed by atoms with Crippen LogP contribution in [0.3, 0.4) is 0 Å². The number of benzene rings is 1. The normalized spacial score (nSPS) is 13.8. The van der Waals surface area contributed by atoms with Crippen LogP contribution in [0.15, 0.2) is 30.3 Å². The molecule has 0 saturated carbocycles. The predicted octanol–water partition coefficient (Wildman–Crippen LogP) is 0.103. The van der Waals surface area contributed by atoms with Crippen LogP contribution < -0.4 is 16.0 Å². The number of hydrogen-bond acceptors (Lipinski definition) is 5. The fourth-order valence-corrected chi connectivity index (χ4v) is 2.26. The molecule has 0 heterocycles. The third-order valence-electron chi connectivity index (χ3n) is 3.70. The Morgan fingerprint density at radius 3 is 2.35 bits per heavy atom. The van der Waals surface area contributed by atoms with Gasteiger partial charge < -0.3 is 26.5 Å². The molecule has 1 aromatic rings. The Bertz CT molecular complexity index is 621. The molecular formula is C18H26N4O4. The van der Waals surface area contributed by atoms with Gasteiger partial charge in [-0.1, -0.05) is 30.3 Å². The molecule has 8 nitrogen and oxygen atoms in total. The van der Waals surface area contributed by atoms with E-state index in [0.29, 0.717) is 6.54 Å². The number of aliphatic hydroxyl groups is 1. The van der Waals surface area contributed by atoms with E-state index in [9.17, 15) is 19.5 Å². The lowest BCUT2D eigenvalue weighted by atomic mass is 10.1. The number of carbonyl (C=O) groups is 3. The molecule has 1 aromatic carbocycles. The average molecular weight is 362 g/mol. The standard InChI is InChI=1S/C18H26N4O4/c1-12(21-13(2)23)17(25)22-16(9-8-15(24)10-19)18(26)20-11-14-6-4-3-5-7-14/h3-7,10,12,15-16,19,24H,8-9,11H2,1-2H3,(H,20,26)(H,21,23)(H,22,25)/t12-,15?,16-/m0/s1. The van der Waals surface area contributed by atoms with Crippen molar-refractivity contribution < 1.29 is 19.5 Å². The first-order chi connectivity index (χ1) is 12.3. The zero-order valence-electron chi connectivity index (χ0n) is 15.0. The Morgan fingerprint density at radius 2 is 1.77 bits per heavy atom. The molecule has 1 rings (SSSR count). The van der Waals surface area contributed by atoms with Gasteiger partial charge in [0.15, 0.2) is 0 Å². The molecule has 0 aliphatic heterocycles. The summed E-state index contributed by atoms with van der Waals surface area (Å²) >= 11 is 0. The lowest BCUT2D eigenvalue weighted by Crippen LogP contribution is -2.52. The molecule has 0 aliphatic rings. The highest BCUT2D eigenvalue weighted by atomic mass is 16.3. The maximum absolute atomic E-state index is 12.4. The minimum absolute atomic E-state index is 0.154. The van der Waals surface area contributed by atoms with E-state index in [4.69, 9.17) is 5.41 Å². The van der Waals surface area contributed by atoms with E-state index in [-0.39, 0.29) is 18.7 Å². The van der Waals surface area contributed by atoms with Gasteiger partial charge in [-0.15, -0.1) is 0 Å². The van der Waals surface area contributed by atoms with E-state index >= 15 is 0 Å².